The Kier molecular flexibility index (Phi) is 5.64. The molecule has 0 aromatic heterocycles. The van der Waals surface area contributed by atoms with Crippen molar-refractivity contribution in [2.75, 3.05) is 34.3 Å². The average Bonchev–Trinajstić information content (AvgIpc) is 2.78. The molecule has 4 heteroatoms. The zero-order valence-electron chi connectivity index (χ0n) is 17.8. The highest BCUT2D eigenvalue weighted by Crippen LogP contribution is 2.50. The van der Waals surface area contributed by atoms with Crippen LogP contribution in [0.25, 0.3) is 0 Å². The molecule has 2 aromatic rings. The van der Waals surface area contributed by atoms with E-state index in [1.54, 1.807) is 7.11 Å². The van der Waals surface area contributed by atoms with Crippen molar-refractivity contribution in [1.82, 2.24) is 9.80 Å². The van der Waals surface area contributed by atoms with Gasteiger partial charge in [-0.1, -0.05) is 30.3 Å². The van der Waals surface area contributed by atoms with Gasteiger partial charge in [0.15, 0.2) is 0 Å². The van der Waals surface area contributed by atoms with Crippen LogP contribution in [0.3, 0.4) is 0 Å². The van der Waals surface area contributed by atoms with Crippen LogP contribution in [0, 0.1) is 5.92 Å². The number of nitrogens with zero attached hydrogens (tertiary/aromatic N) is 2. The normalized spacial score (nSPS) is 27.1. The molecule has 1 aliphatic carbocycles. The Labute approximate surface area is 174 Å². The summed E-state index contributed by atoms with van der Waals surface area (Å²) >= 11 is 0. The fraction of sp³-hybridized carbons (Fsp3) is 0.480. The lowest BCUT2D eigenvalue weighted by Crippen LogP contribution is -2.55. The van der Waals surface area contributed by atoms with Gasteiger partial charge in [-0.3, -0.25) is 4.79 Å². The van der Waals surface area contributed by atoms with E-state index in [9.17, 15) is 4.79 Å². The van der Waals surface area contributed by atoms with Gasteiger partial charge in [0, 0.05) is 30.6 Å². The summed E-state index contributed by atoms with van der Waals surface area (Å²) in [7, 11) is 5.94. The molecule has 1 aliphatic heterocycles. The predicted molar refractivity (Wildman–Crippen MR) is 116 cm³/mol. The molecule has 2 fully saturated rings. The summed E-state index contributed by atoms with van der Waals surface area (Å²) in [5, 5.41) is 0. The van der Waals surface area contributed by atoms with Crippen LogP contribution in [0.15, 0.2) is 54.6 Å². The van der Waals surface area contributed by atoms with Crippen molar-refractivity contribution in [3.63, 3.8) is 0 Å². The van der Waals surface area contributed by atoms with Crippen molar-refractivity contribution in [2.24, 2.45) is 5.92 Å². The van der Waals surface area contributed by atoms with Crippen LogP contribution in [-0.4, -0.2) is 56.0 Å². The lowest BCUT2D eigenvalue weighted by atomic mass is 9.58. The number of hydrogen-bond acceptors (Lipinski definition) is 3. The lowest BCUT2D eigenvalue weighted by molar-refractivity contribution is 0.0259. The van der Waals surface area contributed by atoms with E-state index in [0.717, 1.165) is 50.1 Å². The number of benzene rings is 2. The molecule has 2 aliphatic rings. The Hall–Kier alpha value is -2.33. The van der Waals surface area contributed by atoms with Crippen molar-refractivity contribution < 1.29 is 9.53 Å². The van der Waals surface area contributed by atoms with Gasteiger partial charge in [-0.05, 0) is 75.0 Å². The first-order valence-electron chi connectivity index (χ1n) is 10.7. The molecule has 0 bridgehead atoms. The van der Waals surface area contributed by atoms with Gasteiger partial charge in [0.25, 0.3) is 5.91 Å². The fourth-order valence-electron chi connectivity index (χ4n) is 5.50. The van der Waals surface area contributed by atoms with Crippen LogP contribution in [0.5, 0.6) is 5.75 Å². The summed E-state index contributed by atoms with van der Waals surface area (Å²) in [6.45, 7) is 2.22. The van der Waals surface area contributed by atoms with E-state index in [1.807, 2.05) is 48.3 Å². The summed E-state index contributed by atoms with van der Waals surface area (Å²) in [6, 6.07) is 18.5. The third kappa shape index (κ3) is 3.78. The highest BCUT2D eigenvalue weighted by Gasteiger charge is 2.48. The Morgan fingerprint density at radius 2 is 1.93 bits per heavy atom. The van der Waals surface area contributed by atoms with Crippen LogP contribution in [0.2, 0.25) is 0 Å². The fourth-order valence-corrected chi connectivity index (χ4v) is 5.50. The van der Waals surface area contributed by atoms with Gasteiger partial charge in [-0.15, -0.1) is 0 Å². The highest BCUT2D eigenvalue weighted by atomic mass is 16.5. The van der Waals surface area contributed by atoms with Gasteiger partial charge in [-0.25, -0.2) is 0 Å². The second-order valence-electron chi connectivity index (χ2n) is 8.81. The number of ether oxygens (including phenoxy) is 1. The summed E-state index contributed by atoms with van der Waals surface area (Å²) < 4.78 is 5.54. The molecule has 1 heterocycles. The highest BCUT2D eigenvalue weighted by molar-refractivity contribution is 5.94. The van der Waals surface area contributed by atoms with Crippen molar-refractivity contribution in [3.05, 3.63) is 65.7 Å². The monoisotopic (exact) mass is 392 g/mol. The summed E-state index contributed by atoms with van der Waals surface area (Å²) in [6.07, 6.45) is 4.37. The van der Waals surface area contributed by atoms with Crippen LogP contribution < -0.4 is 4.74 Å². The molecule has 154 valence electrons. The number of methoxy groups -OCH3 is 1. The number of likely N-dealkylation sites (tertiary alicyclic amines) is 1. The van der Waals surface area contributed by atoms with Crippen molar-refractivity contribution in [2.45, 2.75) is 37.1 Å². The van der Waals surface area contributed by atoms with E-state index in [0.29, 0.717) is 5.92 Å². The molecule has 0 radical (unpaired) electrons. The summed E-state index contributed by atoms with van der Waals surface area (Å²) in [4.78, 5) is 17.5. The number of amides is 1. The van der Waals surface area contributed by atoms with E-state index in [1.165, 1.54) is 5.56 Å². The average molecular weight is 393 g/mol. The maximum absolute atomic E-state index is 13.1. The molecule has 1 saturated carbocycles. The summed E-state index contributed by atoms with van der Waals surface area (Å²) in [5.41, 5.74) is 2.26. The smallest absolute Gasteiger partial charge is 0.253 e. The molecule has 0 spiro atoms. The van der Waals surface area contributed by atoms with Gasteiger partial charge in [0.2, 0.25) is 0 Å². The van der Waals surface area contributed by atoms with Gasteiger partial charge < -0.3 is 14.5 Å². The molecule has 3 unspecified atom stereocenters. The number of rotatable bonds is 4. The molecule has 2 aromatic carbocycles. The molecule has 4 rings (SSSR count). The topological polar surface area (TPSA) is 32.8 Å². The molecule has 1 amide bonds. The zero-order valence-corrected chi connectivity index (χ0v) is 17.8. The number of carbonyl (C=O) groups excluding carboxylic acids is 1. The van der Waals surface area contributed by atoms with Crippen LogP contribution in [-0.2, 0) is 5.41 Å². The molecule has 3 atom stereocenters. The van der Waals surface area contributed by atoms with Crippen LogP contribution >= 0.6 is 0 Å². The Morgan fingerprint density at radius 1 is 1.14 bits per heavy atom. The quantitative estimate of drug-likeness (QED) is 0.781. The van der Waals surface area contributed by atoms with Crippen LogP contribution in [0.1, 0.15) is 41.6 Å². The minimum atomic E-state index is 0.106. The number of piperidine rings is 1. The SMILES string of the molecule is COc1cccc(C23CCN(C)CC2CCC(N(C)C(=O)c2ccccc2)C3)c1. The number of carbonyl (C=O) groups is 1. The van der Waals surface area contributed by atoms with Gasteiger partial charge in [0.1, 0.15) is 5.75 Å². The first-order valence-corrected chi connectivity index (χ1v) is 10.7. The first kappa shape index (κ1) is 20.0. The third-order valence-corrected chi connectivity index (χ3v) is 7.23. The standard InChI is InChI=1S/C25H32N2O2/c1-26-15-14-25(20-10-7-11-23(16-20)29-3)17-22(13-12-21(25)18-26)27(2)24(28)19-8-5-4-6-9-19/h4-11,16,21-22H,12-15,17-18H2,1-3H3. The van der Waals surface area contributed by atoms with E-state index in [4.69, 9.17) is 4.74 Å². The van der Waals surface area contributed by atoms with Crippen molar-refractivity contribution in [1.29, 1.82) is 0 Å². The first-order chi connectivity index (χ1) is 14.0. The van der Waals surface area contributed by atoms with E-state index < -0.39 is 0 Å². The Morgan fingerprint density at radius 3 is 2.69 bits per heavy atom. The molecular formula is C25H32N2O2. The molecule has 1 saturated heterocycles. The minimum absolute atomic E-state index is 0.106. The third-order valence-electron chi connectivity index (χ3n) is 7.23. The Bertz CT molecular complexity index is 853. The predicted octanol–water partition coefficient (Wildman–Crippen LogP) is 4.21. The number of fused-ring (bicyclic) bond motifs is 1. The van der Waals surface area contributed by atoms with Gasteiger partial charge >= 0.3 is 0 Å². The summed E-state index contributed by atoms with van der Waals surface area (Å²) in [5.74, 6) is 1.66. The van der Waals surface area contributed by atoms with Gasteiger partial charge in [-0.2, -0.15) is 0 Å². The van der Waals surface area contributed by atoms with E-state index in [2.05, 4.69) is 30.1 Å². The Balaban J connectivity index is 1.64. The molecule has 4 nitrogen and oxygen atoms in total. The van der Waals surface area contributed by atoms with E-state index >= 15 is 0 Å². The maximum Gasteiger partial charge on any atom is 0.253 e. The number of hydrogen-bond donors (Lipinski definition) is 0. The molecule has 29 heavy (non-hydrogen) atoms. The second-order valence-corrected chi connectivity index (χ2v) is 8.81. The molecular weight excluding hydrogens is 360 g/mol. The zero-order chi connectivity index (χ0) is 20.4. The van der Waals surface area contributed by atoms with Crippen LogP contribution in [0.4, 0.5) is 0 Å². The lowest BCUT2D eigenvalue weighted by Gasteiger charge is -2.53. The van der Waals surface area contributed by atoms with Crippen molar-refractivity contribution >= 4 is 5.91 Å². The van der Waals surface area contributed by atoms with E-state index in [-0.39, 0.29) is 17.4 Å². The minimum Gasteiger partial charge on any atom is -0.497 e. The second kappa shape index (κ2) is 8.19. The van der Waals surface area contributed by atoms with Gasteiger partial charge in [0.05, 0.1) is 7.11 Å². The maximum atomic E-state index is 13.1. The molecule has 0 N–H and O–H groups in total. The largest absolute Gasteiger partial charge is 0.497 e. The van der Waals surface area contributed by atoms with Crippen molar-refractivity contribution in [3.8, 4) is 5.75 Å².